The van der Waals surface area contributed by atoms with E-state index in [-0.39, 0.29) is 5.84 Å². The van der Waals surface area contributed by atoms with Gasteiger partial charge in [-0.1, -0.05) is 87.4 Å². The van der Waals surface area contributed by atoms with Gasteiger partial charge in [0.05, 0.1) is 6.54 Å². The van der Waals surface area contributed by atoms with Gasteiger partial charge in [0.2, 0.25) is 5.84 Å². The van der Waals surface area contributed by atoms with Crippen molar-refractivity contribution in [2.75, 3.05) is 18.0 Å². The number of anilines is 1. The molecule has 0 amide bonds. The van der Waals surface area contributed by atoms with Gasteiger partial charge < -0.3 is 9.42 Å². The molecule has 30 heavy (non-hydrogen) atoms. The van der Waals surface area contributed by atoms with Crippen LogP contribution in [-0.4, -0.2) is 35.2 Å². The van der Waals surface area contributed by atoms with Crippen molar-refractivity contribution >= 4 is 24.9 Å². The van der Waals surface area contributed by atoms with Gasteiger partial charge in [-0.15, -0.1) is 0 Å². The molecule has 1 aromatic rings. The monoisotopic (exact) mass is 434 g/mol. The minimum absolute atomic E-state index is 0.263. The second kappa shape index (κ2) is 8.49. The molecular weight excluding hydrogens is 395 g/mol. The second-order valence-corrected chi connectivity index (χ2v) is 14.7. The Morgan fingerprint density at radius 1 is 1.00 bits per heavy atom. The molecule has 1 aliphatic rings. The largest absolute Gasteiger partial charge is 0.405 e. The van der Waals surface area contributed by atoms with Crippen molar-refractivity contribution in [1.82, 2.24) is 0 Å². The van der Waals surface area contributed by atoms with Crippen LogP contribution in [0.5, 0.6) is 0 Å². The zero-order chi connectivity index (χ0) is 23.1. The maximum Gasteiger partial charge on any atom is 0.379 e. The fourth-order valence-corrected chi connectivity index (χ4v) is 6.98. The predicted octanol–water partition coefficient (Wildman–Crippen LogP) is 6.57. The molecule has 0 aromatic heterocycles. The van der Waals surface area contributed by atoms with E-state index in [1.165, 1.54) is 11.1 Å². The van der Waals surface area contributed by atoms with Crippen LogP contribution in [0.3, 0.4) is 0 Å². The molecule has 0 spiro atoms. The summed E-state index contributed by atoms with van der Waals surface area (Å²) in [5.74, 6) is 0.270. The lowest BCUT2D eigenvalue weighted by Gasteiger charge is -2.39. The van der Waals surface area contributed by atoms with Crippen LogP contribution in [0.25, 0.3) is 0 Å². The van der Waals surface area contributed by atoms with Crippen LogP contribution in [0.4, 0.5) is 5.69 Å². The molecule has 0 atom stereocenters. The third kappa shape index (κ3) is 4.51. The van der Waals surface area contributed by atoms with E-state index in [1.807, 2.05) is 46.4 Å². The van der Waals surface area contributed by atoms with E-state index in [1.54, 1.807) is 0 Å². The summed E-state index contributed by atoms with van der Waals surface area (Å²) >= 11 is 0. The lowest BCUT2D eigenvalue weighted by molar-refractivity contribution is -0.127. The molecule has 6 heteroatoms. The number of rotatable bonds is 5. The average molecular weight is 435 g/mol. The number of nitrogens with zero attached hydrogens (tertiary/aromatic N) is 2. The normalized spacial score (nSPS) is 15.7. The Bertz CT molecular complexity index is 829. The summed E-state index contributed by atoms with van der Waals surface area (Å²) < 4.78 is 19.7. The molecule has 0 N–H and O–H groups in total. The highest BCUT2D eigenvalue weighted by molar-refractivity contribution is 7.62. The first kappa shape index (κ1) is 24.7. The number of aliphatic imine (C=N–C) groups is 1. The van der Waals surface area contributed by atoms with Crippen molar-refractivity contribution < 1.29 is 13.9 Å². The smallest absolute Gasteiger partial charge is 0.379 e. The van der Waals surface area contributed by atoms with Crippen molar-refractivity contribution in [3.63, 3.8) is 0 Å². The number of para-hydroxylation sites is 1. The molecule has 0 fully saturated rings. The van der Waals surface area contributed by atoms with Crippen molar-refractivity contribution in [1.29, 1.82) is 0 Å². The predicted molar refractivity (Wildman–Crippen MR) is 127 cm³/mol. The van der Waals surface area contributed by atoms with Crippen LogP contribution >= 0.6 is 7.37 Å². The molecule has 1 aliphatic heterocycles. The molecule has 168 valence electrons. The van der Waals surface area contributed by atoms with Crippen LogP contribution in [0.15, 0.2) is 23.2 Å². The number of hydrogen-bond acceptors (Lipinski definition) is 5. The fraction of sp³-hybridized carbons (Fsp3) is 0.667. The Morgan fingerprint density at radius 2 is 1.47 bits per heavy atom. The van der Waals surface area contributed by atoms with Crippen LogP contribution in [0.2, 0.25) is 0 Å². The quantitative estimate of drug-likeness (QED) is 0.492. The Labute approximate surface area is 182 Å². The SMILES string of the molecule is CC(C)c1cccc(C(C)C)c1N1CCN=C1C(=O)OP(=O)(C(C)(C)C)C(C)(C)C. The van der Waals surface area contributed by atoms with Crippen molar-refractivity contribution in [3.8, 4) is 0 Å². The van der Waals surface area contributed by atoms with Gasteiger partial charge in [-0.3, -0.25) is 9.56 Å². The van der Waals surface area contributed by atoms with E-state index in [0.717, 1.165) is 5.69 Å². The van der Waals surface area contributed by atoms with Crippen molar-refractivity contribution in [2.24, 2.45) is 4.99 Å². The number of benzene rings is 1. The molecular formula is C24H39N2O3P. The maximum absolute atomic E-state index is 13.9. The summed E-state index contributed by atoms with van der Waals surface area (Å²) in [4.78, 5) is 19.8. The van der Waals surface area contributed by atoms with E-state index in [9.17, 15) is 9.36 Å². The van der Waals surface area contributed by atoms with Crippen LogP contribution < -0.4 is 4.90 Å². The number of carbonyl (C=O) groups is 1. The van der Waals surface area contributed by atoms with Crippen molar-refractivity contribution in [2.45, 2.75) is 91.4 Å². The molecule has 2 rings (SSSR count). The molecule has 0 aliphatic carbocycles. The Morgan fingerprint density at radius 3 is 1.87 bits per heavy atom. The maximum atomic E-state index is 13.9. The standard InChI is InChI=1S/C24H39N2O3P/c1-16(2)18-12-11-13-19(17(3)4)20(18)26-15-14-25-21(26)22(27)29-30(28,23(5,6)7)24(8,9)10/h11-13,16-17H,14-15H2,1-10H3. The topological polar surface area (TPSA) is 59.0 Å². The molecule has 1 heterocycles. The third-order valence-corrected chi connectivity index (χ3v) is 9.57. The molecule has 0 saturated carbocycles. The minimum Gasteiger partial charge on any atom is -0.405 e. The zero-order valence-electron chi connectivity index (χ0n) is 20.4. The summed E-state index contributed by atoms with van der Waals surface area (Å²) in [5.41, 5.74) is 3.40. The lowest BCUT2D eigenvalue weighted by Crippen LogP contribution is -2.39. The van der Waals surface area contributed by atoms with E-state index in [2.05, 4.69) is 50.9 Å². The van der Waals surface area contributed by atoms with Crippen LogP contribution in [-0.2, 0) is 13.9 Å². The highest BCUT2D eigenvalue weighted by Crippen LogP contribution is 2.67. The van der Waals surface area contributed by atoms with Crippen molar-refractivity contribution in [3.05, 3.63) is 29.3 Å². The molecule has 0 bridgehead atoms. The van der Waals surface area contributed by atoms with Gasteiger partial charge in [-0.25, -0.2) is 4.79 Å². The Kier molecular flexibility index (Phi) is 6.98. The first-order chi connectivity index (χ1) is 13.6. The van der Waals surface area contributed by atoms with Gasteiger partial charge in [0.1, 0.15) is 0 Å². The van der Waals surface area contributed by atoms with E-state index in [4.69, 9.17) is 4.52 Å². The zero-order valence-corrected chi connectivity index (χ0v) is 21.3. The summed E-state index contributed by atoms with van der Waals surface area (Å²) in [6.45, 7) is 20.9. The van der Waals surface area contributed by atoms with Crippen LogP contribution in [0, 0.1) is 0 Å². The summed E-state index contributed by atoms with van der Waals surface area (Å²) in [6.07, 6.45) is 0. The lowest BCUT2D eigenvalue weighted by atomic mass is 9.92. The van der Waals surface area contributed by atoms with Gasteiger partial charge in [0.15, 0.2) is 0 Å². The number of amidine groups is 1. The minimum atomic E-state index is -3.33. The van der Waals surface area contributed by atoms with Gasteiger partial charge in [0, 0.05) is 22.5 Å². The molecule has 0 saturated heterocycles. The Balaban J connectivity index is 2.52. The van der Waals surface area contributed by atoms with Gasteiger partial charge in [-0.2, -0.15) is 0 Å². The summed E-state index contributed by atoms with van der Waals surface area (Å²) in [5, 5.41) is -1.33. The third-order valence-electron chi connectivity index (χ3n) is 5.61. The highest BCUT2D eigenvalue weighted by atomic mass is 31.2. The van der Waals surface area contributed by atoms with Crippen LogP contribution in [0.1, 0.15) is 92.2 Å². The molecule has 0 radical (unpaired) electrons. The second-order valence-electron chi connectivity index (χ2n) is 10.7. The molecule has 1 aromatic carbocycles. The summed E-state index contributed by atoms with van der Waals surface area (Å²) in [7, 11) is -3.33. The molecule has 5 nitrogen and oxygen atoms in total. The summed E-state index contributed by atoms with van der Waals surface area (Å²) in [6, 6.07) is 6.30. The van der Waals surface area contributed by atoms with E-state index < -0.39 is 23.7 Å². The first-order valence-electron chi connectivity index (χ1n) is 10.9. The average Bonchev–Trinajstić information content (AvgIpc) is 3.08. The van der Waals surface area contributed by atoms with E-state index in [0.29, 0.717) is 24.9 Å². The molecule has 0 unspecified atom stereocenters. The number of hydrogen-bond donors (Lipinski definition) is 0. The first-order valence-corrected chi connectivity index (χ1v) is 12.5. The Hall–Kier alpha value is -1.61. The fourth-order valence-electron chi connectivity index (χ4n) is 4.10. The highest BCUT2D eigenvalue weighted by Gasteiger charge is 2.51. The van der Waals surface area contributed by atoms with Gasteiger partial charge in [0.25, 0.3) is 7.37 Å². The number of carbonyl (C=O) groups excluding carboxylic acids is 1. The van der Waals surface area contributed by atoms with Gasteiger partial charge >= 0.3 is 5.97 Å². The van der Waals surface area contributed by atoms with E-state index >= 15 is 0 Å². The van der Waals surface area contributed by atoms with Gasteiger partial charge in [-0.05, 0) is 23.0 Å².